The van der Waals surface area contributed by atoms with Gasteiger partial charge in [0.1, 0.15) is 11.9 Å². The molecule has 132 valence electrons. The molecular weight excluding hydrogens is 348 g/mol. The van der Waals surface area contributed by atoms with E-state index in [-0.39, 0.29) is 15.9 Å². The van der Waals surface area contributed by atoms with E-state index in [0.717, 1.165) is 30.5 Å². The van der Waals surface area contributed by atoms with Crippen LogP contribution in [-0.2, 0) is 9.84 Å². The van der Waals surface area contributed by atoms with Gasteiger partial charge in [0.15, 0.2) is 0 Å². The van der Waals surface area contributed by atoms with Gasteiger partial charge in [0.2, 0.25) is 9.84 Å². The van der Waals surface area contributed by atoms with E-state index in [1.165, 1.54) is 0 Å². The van der Waals surface area contributed by atoms with Crippen LogP contribution in [0.1, 0.15) is 17.9 Å². The lowest BCUT2D eigenvalue weighted by molar-refractivity contribution is 0.176. The third-order valence-corrected chi connectivity index (χ3v) is 7.07. The van der Waals surface area contributed by atoms with Crippen LogP contribution in [0.25, 0.3) is 10.9 Å². The molecule has 5 rings (SSSR count). The average Bonchev–Trinajstić information content (AvgIpc) is 3.05. The van der Waals surface area contributed by atoms with Crippen LogP contribution in [0.15, 0.2) is 64.5 Å². The van der Waals surface area contributed by atoms with Crippen LogP contribution in [-0.4, -0.2) is 32.6 Å². The van der Waals surface area contributed by atoms with E-state index in [2.05, 4.69) is 10.3 Å². The van der Waals surface area contributed by atoms with E-state index >= 15 is 0 Å². The molecule has 0 amide bonds. The van der Waals surface area contributed by atoms with Crippen LogP contribution in [0.5, 0.6) is 5.75 Å². The third kappa shape index (κ3) is 2.33. The smallest absolute Gasteiger partial charge is 0.208 e. The summed E-state index contributed by atoms with van der Waals surface area (Å²) >= 11 is 0. The van der Waals surface area contributed by atoms with Crippen LogP contribution in [0.2, 0.25) is 0 Å². The number of rotatable bonds is 2. The first kappa shape index (κ1) is 15.8. The van der Waals surface area contributed by atoms with E-state index in [0.29, 0.717) is 17.2 Å². The number of piperidine rings is 1. The standard InChI is InChI=1S/C20H18N2O3S/c23-26(24,19-5-1-3-13-4-2-9-22-20(13)19)14-6-7-15-16-8-10-21-12-18(16)25-17(15)11-14/h1-7,9,11,16,18,21H,8,10,12H2. The number of para-hydroxylation sites is 1. The molecule has 0 radical (unpaired) electrons. The van der Waals surface area contributed by atoms with Gasteiger partial charge >= 0.3 is 0 Å². The number of sulfone groups is 1. The molecule has 1 fully saturated rings. The highest BCUT2D eigenvalue weighted by Gasteiger charge is 2.37. The largest absolute Gasteiger partial charge is 0.488 e. The van der Waals surface area contributed by atoms with Gasteiger partial charge in [-0.2, -0.15) is 0 Å². The maximum absolute atomic E-state index is 13.3. The van der Waals surface area contributed by atoms with Gasteiger partial charge in [-0.05, 0) is 37.2 Å². The van der Waals surface area contributed by atoms with Crippen molar-refractivity contribution in [3.05, 3.63) is 60.3 Å². The molecule has 2 unspecified atom stereocenters. The molecule has 3 aromatic rings. The Balaban J connectivity index is 1.62. The zero-order valence-electron chi connectivity index (χ0n) is 14.1. The first-order valence-electron chi connectivity index (χ1n) is 8.75. The fourth-order valence-electron chi connectivity index (χ4n) is 3.98. The van der Waals surface area contributed by atoms with Crippen LogP contribution in [0, 0.1) is 0 Å². The first-order chi connectivity index (χ1) is 12.6. The molecule has 0 bridgehead atoms. The summed E-state index contributed by atoms with van der Waals surface area (Å²) in [6, 6.07) is 14.2. The van der Waals surface area contributed by atoms with Crippen molar-refractivity contribution < 1.29 is 13.2 Å². The van der Waals surface area contributed by atoms with E-state index in [4.69, 9.17) is 4.74 Å². The Bertz CT molecular complexity index is 1110. The molecule has 1 saturated heterocycles. The molecule has 2 aliphatic heterocycles. The number of nitrogens with zero attached hydrogens (tertiary/aromatic N) is 1. The topological polar surface area (TPSA) is 68.3 Å². The Morgan fingerprint density at radius 3 is 2.92 bits per heavy atom. The van der Waals surface area contributed by atoms with Gasteiger partial charge in [0.05, 0.1) is 15.3 Å². The summed E-state index contributed by atoms with van der Waals surface area (Å²) in [5, 5.41) is 4.14. The minimum atomic E-state index is -3.68. The highest BCUT2D eigenvalue weighted by molar-refractivity contribution is 7.91. The van der Waals surface area contributed by atoms with Crippen LogP contribution in [0.4, 0.5) is 0 Å². The maximum atomic E-state index is 13.3. The molecule has 0 aliphatic carbocycles. The van der Waals surface area contributed by atoms with E-state index in [9.17, 15) is 8.42 Å². The molecule has 2 aliphatic rings. The fourth-order valence-corrected chi connectivity index (χ4v) is 5.43. The van der Waals surface area contributed by atoms with Crippen molar-refractivity contribution in [3.63, 3.8) is 0 Å². The minimum absolute atomic E-state index is 0.0935. The summed E-state index contributed by atoms with van der Waals surface area (Å²) < 4.78 is 32.5. The van der Waals surface area contributed by atoms with E-state index in [1.54, 1.807) is 36.5 Å². The molecule has 1 aromatic heterocycles. The van der Waals surface area contributed by atoms with E-state index in [1.807, 2.05) is 18.2 Å². The van der Waals surface area contributed by atoms with Crippen molar-refractivity contribution in [2.45, 2.75) is 28.2 Å². The Labute approximate surface area is 151 Å². The number of nitrogens with one attached hydrogen (secondary N) is 1. The molecule has 2 aromatic carbocycles. The normalized spacial score (nSPS) is 21.8. The predicted octanol–water partition coefficient (Wildman–Crippen LogP) is 2.91. The van der Waals surface area contributed by atoms with Crippen molar-refractivity contribution in [2.24, 2.45) is 0 Å². The van der Waals surface area contributed by atoms with Gasteiger partial charge in [-0.1, -0.05) is 24.3 Å². The predicted molar refractivity (Wildman–Crippen MR) is 98.3 cm³/mol. The number of hydrogen-bond acceptors (Lipinski definition) is 5. The summed E-state index contributed by atoms with van der Waals surface area (Å²) in [5.41, 5.74) is 1.61. The maximum Gasteiger partial charge on any atom is 0.208 e. The Morgan fingerprint density at radius 1 is 1.12 bits per heavy atom. The Morgan fingerprint density at radius 2 is 2.00 bits per heavy atom. The summed E-state index contributed by atoms with van der Waals surface area (Å²) in [6.07, 6.45) is 2.72. The minimum Gasteiger partial charge on any atom is -0.488 e. The van der Waals surface area contributed by atoms with Crippen LogP contribution in [0.3, 0.4) is 0 Å². The van der Waals surface area contributed by atoms with Crippen molar-refractivity contribution in [1.82, 2.24) is 10.3 Å². The number of aromatic nitrogens is 1. The highest BCUT2D eigenvalue weighted by Crippen LogP contribution is 2.43. The summed E-state index contributed by atoms with van der Waals surface area (Å²) in [7, 11) is -3.68. The fraction of sp³-hybridized carbons (Fsp3) is 0.250. The number of benzene rings is 2. The zero-order chi connectivity index (χ0) is 17.7. The molecule has 3 heterocycles. The first-order valence-corrected chi connectivity index (χ1v) is 10.2. The number of pyridine rings is 1. The summed E-state index contributed by atoms with van der Waals surface area (Å²) in [5.74, 6) is 1.04. The molecule has 2 atom stereocenters. The lowest BCUT2D eigenvalue weighted by Gasteiger charge is -2.24. The third-order valence-electron chi connectivity index (χ3n) is 5.28. The molecule has 0 saturated carbocycles. The molecule has 0 spiro atoms. The van der Waals surface area contributed by atoms with Crippen molar-refractivity contribution in [3.8, 4) is 5.75 Å². The summed E-state index contributed by atoms with van der Waals surface area (Å²) in [6.45, 7) is 1.76. The van der Waals surface area contributed by atoms with Gasteiger partial charge in [-0.25, -0.2) is 8.42 Å². The molecule has 5 nitrogen and oxygen atoms in total. The Hall–Kier alpha value is -2.44. The van der Waals surface area contributed by atoms with Gasteiger partial charge in [0.25, 0.3) is 0 Å². The number of fused-ring (bicyclic) bond motifs is 4. The second-order valence-electron chi connectivity index (χ2n) is 6.79. The quantitative estimate of drug-likeness (QED) is 0.755. The lowest BCUT2D eigenvalue weighted by Crippen LogP contribution is -2.39. The monoisotopic (exact) mass is 366 g/mol. The van der Waals surface area contributed by atoms with Crippen LogP contribution < -0.4 is 10.1 Å². The molecule has 6 heteroatoms. The van der Waals surface area contributed by atoms with Crippen molar-refractivity contribution in [1.29, 1.82) is 0 Å². The number of ether oxygens (including phenoxy) is 1. The highest BCUT2D eigenvalue weighted by atomic mass is 32.2. The second kappa shape index (κ2) is 5.79. The SMILES string of the molecule is O=S(=O)(c1ccc2c(c1)OC1CNCCC21)c1cccc2cccnc12. The zero-order valence-corrected chi connectivity index (χ0v) is 14.9. The Kier molecular flexibility index (Phi) is 3.52. The average molecular weight is 366 g/mol. The van der Waals surface area contributed by atoms with Crippen molar-refractivity contribution in [2.75, 3.05) is 13.1 Å². The van der Waals surface area contributed by atoms with Gasteiger partial charge < -0.3 is 10.1 Å². The van der Waals surface area contributed by atoms with E-state index < -0.39 is 9.84 Å². The molecule has 1 N–H and O–H groups in total. The summed E-state index contributed by atoms with van der Waals surface area (Å²) in [4.78, 5) is 4.77. The van der Waals surface area contributed by atoms with Gasteiger partial charge in [-0.3, -0.25) is 4.98 Å². The van der Waals surface area contributed by atoms with Gasteiger partial charge in [-0.15, -0.1) is 0 Å². The van der Waals surface area contributed by atoms with Crippen molar-refractivity contribution >= 4 is 20.7 Å². The molecular formula is C20H18N2O3S. The van der Waals surface area contributed by atoms with Crippen LogP contribution >= 0.6 is 0 Å². The van der Waals surface area contributed by atoms with Gasteiger partial charge in [0, 0.05) is 29.6 Å². The lowest BCUT2D eigenvalue weighted by atomic mass is 9.90. The number of hydrogen-bond donors (Lipinski definition) is 1. The second-order valence-corrected chi connectivity index (χ2v) is 8.71. The molecule has 26 heavy (non-hydrogen) atoms.